The third kappa shape index (κ3) is 2.66. The molecule has 0 amide bonds. The van der Waals surface area contributed by atoms with E-state index in [1.54, 1.807) is 6.07 Å². The number of hydrogen-bond donors (Lipinski definition) is 1. The van der Waals surface area contributed by atoms with E-state index in [0.717, 1.165) is 12.2 Å². The van der Waals surface area contributed by atoms with Gasteiger partial charge >= 0.3 is 5.97 Å². The van der Waals surface area contributed by atoms with Crippen LogP contribution >= 0.6 is 0 Å². The lowest BCUT2D eigenvalue weighted by atomic mass is 10.0. The number of aliphatic carboxylic acids is 1. The maximum Gasteiger partial charge on any atom is 0.328 e. The fraction of sp³-hybridized carbons (Fsp3) is 0.0909. The minimum atomic E-state index is -1.18. The Morgan fingerprint density at radius 1 is 1.59 bits per heavy atom. The van der Waals surface area contributed by atoms with E-state index < -0.39 is 10.9 Å². The number of aryl methyl sites for hydroxylation is 1. The molecule has 0 bridgehead atoms. The maximum atomic E-state index is 10.8. The predicted octanol–water partition coefficient (Wildman–Crippen LogP) is 1.87. The van der Waals surface area contributed by atoms with Gasteiger partial charge in [0.1, 0.15) is 11.6 Å². The molecule has 1 aromatic rings. The molecule has 0 aliphatic heterocycles. The first-order valence-corrected chi connectivity index (χ1v) is 4.56. The van der Waals surface area contributed by atoms with Gasteiger partial charge in [-0.2, -0.15) is 5.26 Å². The molecule has 0 spiro atoms. The van der Waals surface area contributed by atoms with Crippen molar-refractivity contribution in [2.45, 2.75) is 6.92 Å². The Morgan fingerprint density at radius 2 is 2.24 bits per heavy atom. The van der Waals surface area contributed by atoms with Crippen LogP contribution in [0.1, 0.15) is 16.7 Å². The van der Waals surface area contributed by atoms with Gasteiger partial charge in [0.05, 0.1) is 4.92 Å². The number of nitrogens with zero attached hydrogens (tertiary/aromatic N) is 2. The molecule has 17 heavy (non-hydrogen) atoms. The van der Waals surface area contributed by atoms with E-state index in [0.29, 0.717) is 5.56 Å². The molecule has 6 heteroatoms. The van der Waals surface area contributed by atoms with Crippen LogP contribution in [0.3, 0.4) is 0 Å². The van der Waals surface area contributed by atoms with Gasteiger partial charge < -0.3 is 5.11 Å². The van der Waals surface area contributed by atoms with Crippen LogP contribution in [-0.2, 0) is 4.79 Å². The number of nitro benzene ring substituents is 1. The highest BCUT2D eigenvalue weighted by Crippen LogP contribution is 2.26. The summed E-state index contributed by atoms with van der Waals surface area (Å²) in [6.07, 6.45) is 1.99. The third-order valence-electron chi connectivity index (χ3n) is 2.11. The molecule has 0 saturated carbocycles. The van der Waals surface area contributed by atoms with Gasteiger partial charge in [-0.25, -0.2) is 4.79 Å². The number of hydrogen-bond acceptors (Lipinski definition) is 4. The van der Waals surface area contributed by atoms with Gasteiger partial charge in [-0.3, -0.25) is 10.1 Å². The SMILES string of the molecule is Cc1ccc(/C=C/C(=O)O)c(C#N)c1[N+](=O)[O-]. The van der Waals surface area contributed by atoms with E-state index in [1.165, 1.54) is 19.1 Å². The van der Waals surface area contributed by atoms with Crippen molar-refractivity contribution < 1.29 is 14.8 Å². The molecule has 1 rings (SSSR count). The number of nitriles is 1. The first kappa shape index (κ1) is 12.4. The Morgan fingerprint density at radius 3 is 2.71 bits per heavy atom. The summed E-state index contributed by atoms with van der Waals surface area (Å²) < 4.78 is 0. The largest absolute Gasteiger partial charge is 0.478 e. The van der Waals surface area contributed by atoms with Gasteiger partial charge in [-0.05, 0) is 18.6 Å². The molecule has 1 aromatic carbocycles. The number of benzene rings is 1. The van der Waals surface area contributed by atoms with E-state index in [4.69, 9.17) is 10.4 Å². The summed E-state index contributed by atoms with van der Waals surface area (Å²) >= 11 is 0. The van der Waals surface area contributed by atoms with Crippen molar-refractivity contribution in [1.82, 2.24) is 0 Å². The van der Waals surface area contributed by atoms with Crippen molar-refractivity contribution in [1.29, 1.82) is 5.26 Å². The van der Waals surface area contributed by atoms with Gasteiger partial charge in [0.15, 0.2) is 0 Å². The summed E-state index contributed by atoms with van der Waals surface area (Å²) in [4.78, 5) is 20.5. The molecule has 0 fully saturated rings. The molecule has 0 atom stereocenters. The average molecular weight is 232 g/mol. The number of nitro groups is 1. The standard InChI is InChI=1S/C11H8N2O4/c1-7-2-3-8(4-5-10(14)15)9(6-12)11(7)13(16)17/h2-5H,1H3,(H,14,15)/b5-4+. The summed E-state index contributed by atoms with van der Waals surface area (Å²) in [6, 6.07) is 4.67. The molecule has 0 saturated heterocycles. The Kier molecular flexibility index (Phi) is 3.57. The monoisotopic (exact) mass is 232 g/mol. The van der Waals surface area contributed by atoms with Crippen molar-refractivity contribution in [3.05, 3.63) is 45.0 Å². The van der Waals surface area contributed by atoms with Crippen LogP contribution in [0.5, 0.6) is 0 Å². The third-order valence-corrected chi connectivity index (χ3v) is 2.11. The molecular formula is C11H8N2O4. The summed E-state index contributed by atoms with van der Waals surface area (Å²) in [5, 5.41) is 28.2. The van der Waals surface area contributed by atoms with Gasteiger partial charge in [-0.1, -0.05) is 12.1 Å². The quantitative estimate of drug-likeness (QED) is 0.486. The molecule has 86 valence electrons. The Bertz CT molecular complexity index is 555. The van der Waals surface area contributed by atoms with Crippen LogP contribution in [0.4, 0.5) is 5.69 Å². The van der Waals surface area contributed by atoms with Gasteiger partial charge in [0, 0.05) is 11.6 Å². The van der Waals surface area contributed by atoms with Crippen molar-refractivity contribution in [2.75, 3.05) is 0 Å². The van der Waals surface area contributed by atoms with Crippen LogP contribution in [0.15, 0.2) is 18.2 Å². The smallest absolute Gasteiger partial charge is 0.328 e. The van der Waals surface area contributed by atoms with Crippen LogP contribution in [0.2, 0.25) is 0 Å². The lowest BCUT2D eigenvalue weighted by Crippen LogP contribution is -1.98. The molecule has 1 N–H and O–H groups in total. The molecular weight excluding hydrogens is 224 g/mol. The molecule has 0 heterocycles. The summed E-state index contributed by atoms with van der Waals surface area (Å²) in [6.45, 7) is 1.52. The molecule has 0 aliphatic rings. The fourth-order valence-corrected chi connectivity index (χ4v) is 1.36. The lowest BCUT2D eigenvalue weighted by molar-refractivity contribution is -0.385. The zero-order chi connectivity index (χ0) is 13.0. The van der Waals surface area contributed by atoms with Crippen molar-refractivity contribution in [2.24, 2.45) is 0 Å². The number of carboxylic acid groups (broad SMARTS) is 1. The van der Waals surface area contributed by atoms with Gasteiger partial charge in [0.2, 0.25) is 0 Å². The predicted molar refractivity (Wildman–Crippen MR) is 59.2 cm³/mol. The van der Waals surface area contributed by atoms with Crippen molar-refractivity contribution in [3.63, 3.8) is 0 Å². The van der Waals surface area contributed by atoms with Gasteiger partial charge in [-0.15, -0.1) is 0 Å². The second kappa shape index (κ2) is 4.90. The first-order chi connectivity index (χ1) is 7.97. The minimum absolute atomic E-state index is 0.132. The normalized spacial score (nSPS) is 10.1. The molecule has 0 unspecified atom stereocenters. The van der Waals surface area contributed by atoms with Crippen LogP contribution in [-0.4, -0.2) is 16.0 Å². The molecule has 0 aromatic heterocycles. The minimum Gasteiger partial charge on any atom is -0.478 e. The summed E-state index contributed by atoms with van der Waals surface area (Å²) in [5.41, 5.74) is 0.152. The average Bonchev–Trinajstić information content (AvgIpc) is 2.25. The summed E-state index contributed by atoms with van der Waals surface area (Å²) in [7, 11) is 0. The van der Waals surface area contributed by atoms with Crippen LogP contribution in [0.25, 0.3) is 6.08 Å². The Balaban J connectivity index is 3.45. The van der Waals surface area contributed by atoms with E-state index >= 15 is 0 Å². The second-order valence-electron chi connectivity index (χ2n) is 3.24. The topological polar surface area (TPSA) is 104 Å². The van der Waals surface area contributed by atoms with Gasteiger partial charge in [0.25, 0.3) is 5.69 Å². The second-order valence-corrected chi connectivity index (χ2v) is 3.24. The molecule has 0 radical (unpaired) electrons. The van der Waals surface area contributed by atoms with E-state index in [9.17, 15) is 14.9 Å². The van der Waals surface area contributed by atoms with Crippen LogP contribution in [0, 0.1) is 28.4 Å². The fourth-order valence-electron chi connectivity index (χ4n) is 1.36. The number of carboxylic acids is 1. The Labute approximate surface area is 96.6 Å². The van der Waals surface area contributed by atoms with E-state index in [1.807, 2.05) is 0 Å². The first-order valence-electron chi connectivity index (χ1n) is 4.56. The highest BCUT2D eigenvalue weighted by molar-refractivity contribution is 5.86. The lowest BCUT2D eigenvalue weighted by Gasteiger charge is -2.02. The number of carbonyl (C=O) groups is 1. The van der Waals surface area contributed by atoms with Crippen LogP contribution < -0.4 is 0 Å². The van der Waals surface area contributed by atoms with E-state index in [-0.39, 0.29) is 16.8 Å². The highest BCUT2D eigenvalue weighted by Gasteiger charge is 2.19. The maximum absolute atomic E-state index is 10.8. The molecule has 6 nitrogen and oxygen atoms in total. The Hall–Kier alpha value is -2.68. The van der Waals surface area contributed by atoms with Crippen molar-refractivity contribution in [3.8, 4) is 6.07 Å². The zero-order valence-corrected chi connectivity index (χ0v) is 8.88. The molecule has 0 aliphatic carbocycles. The van der Waals surface area contributed by atoms with E-state index in [2.05, 4.69) is 0 Å². The summed E-state index contributed by atoms with van der Waals surface area (Å²) in [5.74, 6) is -1.18. The zero-order valence-electron chi connectivity index (χ0n) is 8.88. The number of rotatable bonds is 3. The van der Waals surface area contributed by atoms with Crippen molar-refractivity contribution >= 4 is 17.7 Å². The highest BCUT2D eigenvalue weighted by atomic mass is 16.6.